The minimum atomic E-state index is -4.42. The number of hydrogen-bond donors (Lipinski definition) is 0. The van der Waals surface area contributed by atoms with Gasteiger partial charge in [0.25, 0.3) is 0 Å². The summed E-state index contributed by atoms with van der Waals surface area (Å²) < 4.78 is 39.9. The Labute approximate surface area is 129 Å². The van der Waals surface area contributed by atoms with E-state index in [1.54, 1.807) is 33.3 Å². The Morgan fingerprint density at radius 3 is 2.59 bits per heavy atom. The zero-order chi connectivity index (χ0) is 16.5. The van der Waals surface area contributed by atoms with Gasteiger partial charge in [0.05, 0.1) is 5.56 Å². The van der Waals surface area contributed by atoms with Gasteiger partial charge in [0.1, 0.15) is 0 Å². The second-order valence-electron chi connectivity index (χ2n) is 4.83. The number of urea groups is 1. The van der Waals surface area contributed by atoms with Gasteiger partial charge in [0, 0.05) is 30.9 Å². The number of amides is 2. The van der Waals surface area contributed by atoms with Crippen molar-refractivity contribution in [3.63, 3.8) is 0 Å². The van der Waals surface area contributed by atoms with E-state index in [1.807, 2.05) is 0 Å². The number of thiazole rings is 1. The molecule has 0 aliphatic heterocycles. The maximum Gasteiger partial charge on any atom is 0.416 e. The Bertz CT molecular complexity index is 759. The van der Waals surface area contributed by atoms with Crippen LogP contribution >= 0.6 is 11.3 Å². The Hall–Kier alpha value is -2.09. The molecule has 0 saturated carbocycles. The smallest absolute Gasteiger partial charge is 0.329 e. The van der Waals surface area contributed by atoms with Crippen LogP contribution in [0.1, 0.15) is 10.4 Å². The second kappa shape index (κ2) is 5.96. The Balaban J connectivity index is 2.57. The Morgan fingerprint density at radius 2 is 2.00 bits per heavy atom. The molecule has 0 unspecified atom stereocenters. The molecule has 118 valence electrons. The largest absolute Gasteiger partial charge is 0.416 e. The van der Waals surface area contributed by atoms with Crippen LogP contribution < -0.4 is 4.80 Å². The van der Waals surface area contributed by atoms with Crippen LogP contribution in [0.25, 0.3) is 5.69 Å². The molecule has 22 heavy (non-hydrogen) atoms. The van der Waals surface area contributed by atoms with Gasteiger partial charge < -0.3 is 4.90 Å². The zero-order valence-corrected chi connectivity index (χ0v) is 13.0. The van der Waals surface area contributed by atoms with E-state index in [4.69, 9.17) is 0 Å². The van der Waals surface area contributed by atoms with Gasteiger partial charge in [-0.05, 0) is 25.1 Å². The molecule has 1 heterocycles. The molecule has 0 fully saturated rings. The average Bonchev–Trinajstić information content (AvgIpc) is 2.78. The SMILES string of the molecule is Cc1cn(-c2cccc(C(F)(F)F)c2)/c(=N\C(=O)N(C)C)s1. The van der Waals surface area contributed by atoms with Crippen LogP contribution in [-0.4, -0.2) is 29.6 Å². The van der Waals surface area contributed by atoms with Crippen molar-refractivity contribution in [2.75, 3.05) is 14.1 Å². The van der Waals surface area contributed by atoms with E-state index in [-0.39, 0.29) is 0 Å². The summed E-state index contributed by atoms with van der Waals surface area (Å²) >= 11 is 1.24. The molecular formula is C14H14F3N3OS. The van der Waals surface area contributed by atoms with Crippen molar-refractivity contribution in [1.29, 1.82) is 0 Å². The van der Waals surface area contributed by atoms with E-state index < -0.39 is 17.8 Å². The molecule has 1 aromatic heterocycles. The van der Waals surface area contributed by atoms with E-state index >= 15 is 0 Å². The van der Waals surface area contributed by atoms with Gasteiger partial charge in [0.15, 0.2) is 4.80 Å². The molecule has 0 radical (unpaired) electrons. The number of carbonyl (C=O) groups is 1. The normalized spacial score (nSPS) is 12.5. The first-order valence-corrected chi connectivity index (χ1v) is 7.13. The number of aromatic nitrogens is 1. The lowest BCUT2D eigenvalue weighted by molar-refractivity contribution is -0.137. The van der Waals surface area contributed by atoms with Crippen molar-refractivity contribution in [2.24, 2.45) is 4.99 Å². The monoisotopic (exact) mass is 329 g/mol. The van der Waals surface area contributed by atoms with Gasteiger partial charge >= 0.3 is 12.2 Å². The fourth-order valence-electron chi connectivity index (χ4n) is 1.73. The van der Waals surface area contributed by atoms with Crippen molar-refractivity contribution >= 4 is 17.4 Å². The van der Waals surface area contributed by atoms with Crippen LogP contribution in [0.3, 0.4) is 0 Å². The van der Waals surface area contributed by atoms with Crippen LogP contribution in [0.2, 0.25) is 0 Å². The fraction of sp³-hybridized carbons (Fsp3) is 0.286. The van der Waals surface area contributed by atoms with Crippen molar-refractivity contribution < 1.29 is 18.0 Å². The van der Waals surface area contributed by atoms with Crippen LogP contribution in [0.5, 0.6) is 0 Å². The van der Waals surface area contributed by atoms with Gasteiger partial charge in [0.2, 0.25) is 0 Å². The third kappa shape index (κ3) is 3.56. The summed E-state index contributed by atoms with van der Waals surface area (Å²) in [7, 11) is 3.11. The maximum atomic E-state index is 12.8. The first-order valence-electron chi connectivity index (χ1n) is 6.31. The number of carbonyl (C=O) groups excluding carboxylic acids is 1. The highest BCUT2D eigenvalue weighted by Gasteiger charge is 2.30. The zero-order valence-electron chi connectivity index (χ0n) is 12.2. The Morgan fingerprint density at radius 1 is 1.32 bits per heavy atom. The van der Waals surface area contributed by atoms with E-state index in [0.717, 1.165) is 17.0 Å². The molecule has 0 atom stereocenters. The summed E-state index contributed by atoms with van der Waals surface area (Å²) in [5.41, 5.74) is -0.435. The van der Waals surface area contributed by atoms with Gasteiger partial charge in [-0.3, -0.25) is 4.57 Å². The van der Waals surface area contributed by atoms with Crippen LogP contribution in [0.4, 0.5) is 18.0 Å². The standard InChI is InChI=1S/C14H14F3N3OS/c1-9-8-20(13(22-9)18-12(21)19(2)3)11-6-4-5-10(7-11)14(15,16)17/h4-8H,1-3H3/b18-13+. The lowest BCUT2D eigenvalue weighted by Gasteiger charge is -2.09. The summed E-state index contributed by atoms with van der Waals surface area (Å²) in [4.78, 5) is 18.1. The number of benzene rings is 1. The lowest BCUT2D eigenvalue weighted by Crippen LogP contribution is -2.22. The van der Waals surface area contributed by atoms with E-state index in [9.17, 15) is 18.0 Å². The quantitative estimate of drug-likeness (QED) is 0.789. The molecule has 0 aliphatic carbocycles. The molecule has 2 amide bonds. The molecule has 0 aliphatic rings. The van der Waals surface area contributed by atoms with Crippen LogP contribution in [0, 0.1) is 6.92 Å². The summed E-state index contributed by atoms with van der Waals surface area (Å²) in [5, 5.41) is 0. The highest BCUT2D eigenvalue weighted by atomic mass is 32.1. The first kappa shape index (κ1) is 16.3. The molecule has 0 bridgehead atoms. The van der Waals surface area contributed by atoms with Crippen molar-refractivity contribution in [3.05, 3.63) is 45.7 Å². The Kier molecular flexibility index (Phi) is 4.41. The first-order chi connectivity index (χ1) is 10.2. The molecule has 2 aromatic rings. The lowest BCUT2D eigenvalue weighted by atomic mass is 10.2. The molecule has 0 spiro atoms. The fourth-order valence-corrected chi connectivity index (χ4v) is 2.56. The molecule has 0 saturated heterocycles. The predicted molar refractivity (Wildman–Crippen MR) is 78.0 cm³/mol. The topological polar surface area (TPSA) is 37.6 Å². The molecule has 2 rings (SSSR count). The minimum absolute atomic E-state index is 0.310. The summed E-state index contributed by atoms with van der Waals surface area (Å²) in [5.74, 6) is 0. The molecule has 1 aromatic carbocycles. The minimum Gasteiger partial charge on any atom is -0.329 e. The molecule has 8 heteroatoms. The average molecular weight is 329 g/mol. The predicted octanol–water partition coefficient (Wildman–Crippen LogP) is 3.45. The number of hydrogen-bond acceptors (Lipinski definition) is 2. The summed E-state index contributed by atoms with van der Waals surface area (Å²) in [6.07, 6.45) is -2.76. The molecular weight excluding hydrogens is 315 g/mol. The van der Waals surface area contributed by atoms with Gasteiger partial charge in [-0.1, -0.05) is 6.07 Å². The third-order valence-corrected chi connectivity index (χ3v) is 3.69. The molecule has 0 N–H and O–H groups in total. The van der Waals surface area contributed by atoms with E-state index in [1.165, 1.54) is 26.9 Å². The van der Waals surface area contributed by atoms with Crippen molar-refractivity contribution in [1.82, 2.24) is 9.47 Å². The maximum absolute atomic E-state index is 12.8. The summed E-state index contributed by atoms with van der Waals surface area (Å²) in [6, 6.07) is 4.44. The van der Waals surface area contributed by atoms with Crippen LogP contribution in [0.15, 0.2) is 35.5 Å². The molecule has 4 nitrogen and oxygen atoms in total. The number of aryl methyl sites for hydroxylation is 1. The number of halogens is 3. The third-order valence-electron chi connectivity index (χ3n) is 2.79. The second-order valence-corrected chi connectivity index (χ2v) is 6.04. The number of rotatable bonds is 1. The highest BCUT2D eigenvalue weighted by Crippen LogP contribution is 2.30. The van der Waals surface area contributed by atoms with Gasteiger partial charge in [-0.2, -0.15) is 18.2 Å². The van der Waals surface area contributed by atoms with Gasteiger partial charge in [-0.15, -0.1) is 11.3 Å². The van der Waals surface area contributed by atoms with E-state index in [2.05, 4.69) is 4.99 Å². The van der Waals surface area contributed by atoms with Crippen molar-refractivity contribution in [2.45, 2.75) is 13.1 Å². The number of alkyl halides is 3. The van der Waals surface area contributed by atoms with Gasteiger partial charge in [-0.25, -0.2) is 4.79 Å². The van der Waals surface area contributed by atoms with E-state index in [0.29, 0.717) is 10.5 Å². The van der Waals surface area contributed by atoms with Crippen LogP contribution in [-0.2, 0) is 6.18 Å². The number of nitrogens with zero attached hydrogens (tertiary/aromatic N) is 3. The summed E-state index contributed by atoms with van der Waals surface area (Å²) in [6.45, 7) is 1.80. The highest BCUT2D eigenvalue weighted by molar-refractivity contribution is 7.09. The van der Waals surface area contributed by atoms with Crippen molar-refractivity contribution in [3.8, 4) is 5.69 Å².